The molecule has 2 amide bonds. The Labute approximate surface area is 161 Å². The molecular formula is C19H22N2O5S. The summed E-state index contributed by atoms with van der Waals surface area (Å²) in [5.74, 6) is -0.756. The fourth-order valence-corrected chi connectivity index (χ4v) is 3.09. The largest absolute Gasteiger partial charge is 0.496 e. The molecule has 3 N–H and O–H groups in total. The number of carboxylic acid groups (broad SMARTS) is 1. The Kier molecular flexibility index (Phi) is 7.81. The van der Waals surface area contributed by atoms with Gasteiger partial charge in [0.1, 0.15) is 5.75 Å². The van der Waals surface area contributed by atoms with E-state index in [1.165, 1.54) is 30.6 Å². The lowest BCUT2D eigenvalue weighted by Crippen LogP contribution is -2.28. The van der Waals surface area contributed by atoms with Crippen molar-refractivity contribution in [3.63, 3.8) is 0 Å². The van der Waals surface area contributed by atoms with Crippen molar-refractivity contribution < 1.29 is 24.2 Å². The predicted octanol–water partition coefficient (Wildman–Crippen LogP) is 2.32. The summed E-state index contributed by atoms with van der Waals surface area (Å²) < 4.78 is 5.21. The SMILES string of the molecule is COc1cc(C(=O)O)ccc1CCNC(=O)CCCNC(=O)c1ccsc1. The summed E-state index contributed by atoms with van der Waals surface area (Å²) in [6.45, 7) is 0.857. The second kappa shape index (κ2) is 10.3. The molecule has 0 aliphatic rings. The maximum absolute atomic E-state index is 11.9. The van der Waals surface area contributed by atoms with Crippen molar-refractivity contribution >= 4 is 29.1 Å². The molecule has 0 radical (unpaired) electrons. The summed E-state index contributed by atoms with van der Waals surface area (Å²) in [5.41, 5.74) is 1.61. The number of carboxylic acids is 1. The molecule has 1 aromatic heterocycles. The van der Waals surface area contributed by atoms with E-state index in [-0.39, 0.29) is 17.4 Å². The summed E-state index contributed by atoms with van der Waals surface area (Å²) in [4.78, 5) is 34.6. The summed E-state index contributed by atoms with van der Waals surface area (Å²) >= 11 is 1.46. The Balaban J connectivity index is 1.67. The third kappa shape index (κ3) is 6.41. The van der Waals surface area contributed by atoms with Crippen LogP contribution in [-0.4, -0.2) is 43.1 Å². The lowest BCUT2D eigenvalue weighted by atomic mass is 10.1. The van der Waals surface area contributed by atoms with Crippen LogP contribution in [0.2, 0.25) is 0 Å². The highest BCUT2D eigenvalue weighted by atomic mass is 32.1. The van der Waals surface area contributed by atoms with Gasteiger partial charge in [-0.2, -0.15) is 11.3 Å². The van der Waals surface area contributed by atoms with E-state index in [4.69, 9.17) is 9.84 Å². The third-order valence-electron chi connectivity index (χ3n) is 3.90. The Morgan fingerprint density at radius 1 is 1.11 bits per heavy atom. The van der Waals surface area contributed by atoms with Gasteiger partial charge in [-0.05, 0) is 42.0 Å². The van der Waals surface area contributed by atoms with E-state index in [0.717, 1.165) is 5.56 Å². The van der Waals surface area contributed by atoms with Gasteiger partial charge in [-0.1, -0.05) is 6.07 Å². The number of thiophene rings is 1. The number of aromatic carboxylic acids is 1. The smallest absolute Gasteiger partial charge is 0.335 e. The molecule has 0 fully saturated rings. The number of hydrogen-bond acceptors (Lipinski definition) is 5. The third-order valence-corrected chi connectivity index (χ3v) is 4.58. The zero-order valence-electron chi connectivity index (χ0n) is 15.0. The van der Waals surface area contributed by atoms with Crippen LogP contribution < -0.4 is 15.4 Å². The van der Waals surface area contributed by atoms with Crippen LogP contribution in [0.15, 0.2) is 35.0 Å². The second-order valence-corrected chi connectivity index (χ2v) is 6.58. The van der Waals surface area contributed by atoms with Crippen LogP contribution in [0.3, 0.4) is 0 Å². The zero-order valence-corrected chi connectivity index (χ0v) is 15.8. The topological polar surface area (TPSA) is 105 Å². The lowest BCUT2D eigenvalue weighted by molar-refractivity contribution is -0.121. The average molecular weight is 390 g/mol. The molecule has 0 aliphatic carbocycles. The van der Waals surface area contributed by atoms with Gasteiger partial charge in [0.2, 0.25) is 5.91 Å². The highest BCUT2D eigenvalue weighted by molar-refractivity contribution is 7.08. The summed E-state index contributed by atoms with van der Waals surface area (Å²) in [7, 11) is 1.48. The van der Waals surface area contributed by atoms with Crippen molar-refractivity contribution in [3.05, 3.63) is 51.7 Å². The van der Waals surface area contributed by atoms with Gasteiger partial charge < -0.3 is 20.5 Å². The Bertz CT molecular complexity index is 789. The van der Waals surface area contributed by atoms with Crippen LogP contribution in [0.5, 0.6) is 5.75 Å². The van der Waals surface area contributed by atoms with Crippen molar-refractivity contribution in [2.24, 2.45) is 0 Å². The van der Waals surface area contributed by atoms with Crippen molar-refractivity contribution in [2.75, 3.05) is 20.2 Å². The van der Waals surface area contributed by atoms with E-state index in [1.54, 1.807) is 17.5 Å². The van der Waals surface area contributed by atoms with E-state index < -0.39 is 5.97 Å². The van der Waals surface area contributed by atoms with Gasteiger partial charge in [0.25, 0.3) is 5.91 Å². The Morgan fingerprint density at radius 3 is 2.59 bits per heavy atom. The van der Waals surface area contributed by atoms with Gasteiger partial charge in [-0.15, -0.1) is 0 Å². The first kappa shape index (κ1) is 20.4. The molecule has 1 heterocycles. The monoisotopic (exact) mass is 390 g/mol. The van der Waals surface area contributed by atoms with E-state index in [2.05, 4.69) is 10.6 Å². The molecule has 0 unspecified atom stereocenters. The molecule has 144 valence electrons. The van der Waals surface area contributed by atoms with Gasteiger partial charge in [-0.3, -0.25) is 9.59 Å². The molecule has 8 heteroatoms. The molecule has 0 bridgehead atoms. The maximum Gasteiger partial charge on any atom is 0.335 e. The molecule has 0 spiro atoms. The minimum absolute atomic E-state index is 0.0964. The number of ether oxygens (including phenoxy) is 1. The van der Waals surface area contributed by atoms with E-state index in [1.807, 2.05) is 5.38 Å². The van der Waals surface area contributed by atoms with E-state index in [9.17, 15) is 14.4 Å². The lowest BCUT2D eigenvalue weighted by Gasteiger charge is -2.10. The van der Waals surface area contributed by atoms with Crippen molar-refractivity contribution in [2.45, 2.75) is 19.3 Å². The fraction of sp³-hybridized carbons (Fsp3) is 0.316. The molecule has 7 nitrogen and oxygen atoms in total. The van der Waals surface area contributed by atoms with Crippen LogP contribution in [-0.2, 0) is 11.2 Å². The van der Waals surface area contributed by atoms with Crippen molar-refractivity contribution in [1.82, 2.24) is 10.6 Å². The quantitative estimate of drug-likeness (QED) is 0.540. The van der Waals surface area contributed by atoms with Gasteiger partial charge in [0, 0.05) is 30.5 Å². The molecule has 2 rings (SSSR count). The highest BCUT2D eigenvalue weighted by Crippen LogP contribution is 2.20. The minimum Gasteiger partial charge on any atom is -0.496 e. The first-order valence-electron chi connectivity index (χ1n) is 8.48. The van der Waals surface area contributed by atoms with Crippen molar-refractivity contribution in [1.29, 1.82) is 0 Å². The zero-order chi connectivity index (χ0) is 19.6. The Morgan fingerprint density at radius 2 is 1.93 bits per heavy atom. The fourth-order valence-electron chi connectivity index (χ4n) is 2.46. The number of nitrogens with one attached hydrogen (secondary N) is 2. The van der Waals surface area contributed by atoms with E-state index >= 15 is 0 Å². The standard InChI is InChI=1S/C19H22N2O5S/c1-26-16-11-14(19(24)25)5-4-13(16)6-9-20-17(22)3-2-8-21-18(23)15-7-10-27-12-15/h4-5,7,10-12H,2-3,6,8-9H2,1H3,(H,20,22)(H,21,23)(H,24,25). The van der Waals surface area contributed by atoms with Gasteiger partial charge in [-0.25, -0.2) is 4.79 Å². The average Bonchev–Trinajstić information content (AvgIpc) is 3.20. The Hall–Kier alpha value is -2.87. The predicted molar refractivity (Wildman–Crippen MR) is 103 cm³/mol. The molecule has 1 aromatic carbocycles. The van der Waals surface area contributed by atoms with Crippen LogP contribution in [0, 0.1) is 0 Å². The van der Waals surface area contributed by atoms with Gasteiger partial charge in [0.15, 0.2) is 0 Å². The summed E-state index contributed by atoms with van der Waals surface area (Å²) in [6.07, 6.45) is 1.40. The number of methoxy groups -OCH3 is 1. The molecule has 2 aromatic rings. The first-order valence-corrected chi connectivity index (χ1v) is 9.43. The van der Waals surface area contributed by atoms with Crippen LogP contribution >= 0.6 is 11.3 Å². The van der Waals surface area contributed by atoms with E-state index in [0.29, 0.717) is 43.7 Å². The highest BCUT2D eigenvalue weighted by Gasteiger charge is 2.10. The van der Waals surface area contributed by atoms with Crippen LogP contribution in [0.25, 0.3) is 0 Å². The molecule has 0 saturated carbocycles. The normalized spacial score (nSPS) is 10.3. The number of hydrogen-bond donors (Lipinski definition) is 3. The number of carbonyl (C=O) groups excluding carboxylic acids is 2. The summed E-state index contributed by atoms with van der Waals surface area (Å²) in [5, 5.41) is 18.2. The maximum atomic E-state index is 11.9. The molecule has 0 saturated heterocycles. The molecular weight excluding hydrogens is 368 g/mol. The summed E-state index contributed by atoms with van der Waals surface area (Å²) in [6, 6.07) is 6.42. The molecule has 0 aliphatic heterocycles. The van der Waals surface area contributed by atoms with Crippen molar-refractivity contribution in [3.8, 4) is 5.75 Å². The minimum atomic E-state index is -1.01. The number of amides is 2. The second-order valence-electron chi connectivity index (χ2n) is 5.80. The van der Waals surface area contributed by atoms with Crippen LogP contribution in [0.4, 0.5) is 0 Å². The number of rotatable bonds is 10. The first-order chi connectivity index (χ1) is 13.0. The number of benzene rings is 1. The van der Waals surface area contributed by atoms with Crippen LogP contribution in [0.1, 0.15) is 39.1 Å². The molecule has 27 heavy (non-hydrogen) atoms. The van der Waals surface area contributed by atoms with Gasteiger partial charge in [0.05, 0.1) is 12.7 Å². The number of carbonyl (C=O) groups is 3. The van der Waals surface area contributed by atoms with Gasteiger partial charge >= 0.3 is 5.97 Å². The molecule has 0 atom stereocenters.